The standard InChI is InChI=1S/C24H30N4O4S/c1-32-19-9-7-18(8-10-19)21(22-16-25-23-6-4-3-5-20(22)23)15-26-24(29)17-27-11-13-28(14-12-27)33(2,30)31/h3-10,16,21,25H,11-15,17H2,1-2H3,(H,26,29)/t21-/m0/s1. The second kappa shape index (κ2) is 9.94. The van der Waals surface area contributed by atoms with Crippen LogP contribution in [0.3, 0.4) is 0 Å². The summed E-state index contributed by atoms with van der Waals surface area (Å²) in [4.78, 5) is 18.1. The fourth-order valence-corrected chi connectivity index (χ4v) is 5.15. The molecule has 2 heterocycles. The number of hydrogen-bond donors (Lipinski definition) is 2. The van der Waals surface area contributed by atoms with Gasteiger partial charge in [-0.2, -0.15) is 4.31 Å². The van der Waals surface area contributed by atoms with Crippen LogP contribution in [-0.2, 0) is 14.8 Å². The summed E-state index contributed by atoms with van der Waals surface area (Å²) in [6.07, 6.45) is 3.23. The first-order valence-electron chi connectivity index (χ1n) is 11.0. The van der Waals surface area contributed by atoms with Crippen LogP contribution < -0.4 is 10.1 Å². The van der Waals surface area contributed by atoms with E-state index in [1.807, 2.05) is 53.6 Å². The second-order valence-electron chi connectivity index (χ2n) is 8.36. The lowest BCUT2D eigenvalue weighted by Crippen LogP contribution is -2.51. The van der Waals surface area contributed by atoms with E-state index in [0.29, 0.717) is 32.7 Å². The maximum Gasteiger partial charge on any atom is 0.234 e. The Hall–Kier alpha value is -2.88. The number of aromatic amines is 1. The third kappa shape index (κ3) is 5.55. The Bertz CT molecular complexity index is 1200. The molecule has 1 amide bonds. The van der Waals surface area contributed by atoms with E-state index in [0.717, 1.165) is 27.8 Å². The van der Waals surface area contributed by atoms with Gasteiger partial charge in [0.2, 0.25) is 15.9 Å². The molecule has 1 fully saturated rings. The SMILES string of the molecule is COc1ccc([C@H](CNC(=O)CN2CCN(S(C)(=O)=O)CC2)c2c[nH]c3ccccc23)cc1. The van der Waals surface area contributed by atoms with Crippen LogP contribution in [0.25, 0.3) is 10.9 Å². The average Bonchev–Trinajstić information content (AvgIpc) is 3.23. The molecule has 0 aliphatic carbocycles. The first kappa shape index (κ1) is 23.3. The summed E-state index contributed by atoms with van der Waals surface area (Å²) in [6.45, 7) is 2.62. The number of ether oxygens (including phenoxy) is 1. The smallest absolute Gasteiger partial charge is 0.234 e. The highest BCUT2D eigenvalue weighted by Crippen LogP contribution is 2.31. The van der Waals surface area contributed by atoms with E-state index in [2.05, 4.69) is 16.4 Å². The minimum Gasteiger partial charge on any atom is -0.497 e. The van der Waals surface area contributed by atoms with Crippen LogP contribution >= 0.6 is 0 Å². The average molecular weight is 471 g/mol. The van der Waals surface area contributed by atoms with Crippen LogP contribution in [0.5, 0.6) is 5.75 Å². The van der Waals surface area contributed by atoms with E-state index >= 15 is 0 Å². The molecule has 1 aromatic heterocycles. The summed E-state index contributed by atoms with van der Waals surface area (Å²) in [5.74, 6) is 0.688. The molecule has 176 valence electrons. The topological polar surface area (TPSA) is 94.7 Å². The Morgan fingerprint density at radius 2 is 1.79 bits per heavy atom. The van der Waals surface area contributed by atoms with Crippen molar-refractivity contribution in [3.05, 3.63) is 65.9 Å². The molecule has 2 N–H and O–H groups in total. The highest BCUT2D eigenvalue weighted by Gasteiger charge is 2.25. The molecule has 0 radical (unpaired) electrons. The Morgan fingerprint density at radius 3 is 2.45 bits per heavy atom. The predicted octanol–water partition coefficient (Wildman–Crippen LogP) is 2.00. The van der Waals surface area contributed by atoms with Gasteiger partial charge in [-0.3, -0.25) is 9.69 Å². The van der Waals surface area contributed by atoms with Crippen molar-refractivity contribution >= 4 is 26.8 Å². The van der Waals surface area contributed by atoms with Gasteiger partial charge in [0.1, 0.15) is 5.75 Å². The van der Waals surface area contributed by atoms with Crippen molar-refractivity contribution in [3.8, 4) is 5.75 Å². The number of H-pyrrole nitrogens is 1. The van der Waals surface area contributed by atoms with Crippen molar-refractivity contribution in [1.82, 2.24) is 19.5 Å². The van der Waals surface area contributed by atoms with Crippen molar-refractivity contribution < 1.29 is 17.9 Å². The number of carbonyl (C=O) groups is 1. The molecular formula is C24H30N4O4S. The summed E-state index contributed by atoms with van der Waals surface area (Å²) in [5, 5.41) is 4.22. The van der Waals surface area contributed by atoms with Crippen molar-refractivity contribution in [2.45, 2.75) is 5.92 Å². The van der Waals surface area contributed by atoms with E-state index in [9.17, 15) is 13.2 Å². The number of aromatic nitrogens is 1. The molecular weight excluding hydrogens is 440 g/mol. The molecule has 0 spiro atoms. The van der Waals surface area contributed by atoms with Crippen LogP contribution in [0.4, 0.5) is 0 Å². The quantitative estimate of drug-likeness (QED) is 0.525. The number of para-hydroxylation sites is 1. The van der Waals surface area contributed by atoms with Crippen molar-refractivity contribution in [2.75, 3.05) is 52.6 Å². The number of carbonyl (C=O) groups excluding carboxylic acids is 1. The Balaban J connectivity index is 1.45. The number of amides is 1. The summed E-state index contributed by atoms with van der Waals surface area (Å²) >= 11 is 0. The third-order valence-electron chi connectivity index (χ3n) is 6.19. The normalized spacial score (nSPS) is 16.5. The molecule has 0 bridgehead atoms. The highest BCUT2D eigenvalue weighted by molar-refractivity contribution is 7.88. The molecule has 1 atom stereocenters. The molecule has 1 saturated heterocycles. The van der Waals surface area contributed by atoms with Gasteiger partial charge >= 0.3 is 0 Å². The summed E-state index contributed by atoms with van der Waals surface area (Å²) in [7, 11) is -1.54. The molecule has 1 aliphatic heterocycles. The largest absolute Gasteiger partial charge is 0.497 e. The lowest BCUT2D eigenvalue weighted by atomic mass is 9.90. The van der Waals surface area contributed by atoms with Gasteiger partial charge in [-0.05, 0) is 29.3 Å². The number of piperazine rings is 1. The van der Waals surface area contributed by atoms with Crippen LogP contribution in [0, 0.1) is 0 Å². The number of sulfonamides is 1. The molecule has 0 saturated carbocycles. The number of benzene rings is 2. The van der Waals surface area contributed by atoms with Gasteiger partial charge in [0.25, 0.3) is 0 Å². The van der Waals surface area contributed by atoms with E-state index in [1.165, 1.54) is 10.6 Å². The predicted molar refractivity (Wildman–Crippen MR) is 129 cm³/mol. The van der Waals surface area contributed by atoms with Crippen LogP contribution in [0.2, 0.25) is 0 Å². The van der Waals surface area contributed by atoms with E-state index < -0.39 is 10.0 Å². The number of fused-ring (bicyclic) bond motifs is 1. The van der Waals surface area contributed by atoms with Gasteiger partial charge in [0.15, 0.2) is 0 Å². The van der Waals surface area contributed by atoms with Gasteiger partial charge in [0, 0.05) is 55.7 Å². The second-order valence-corrected chi connectivity index (χ2v) is 10.3. The van der Waals surface area contributed by atoms with Gasteiger partial charge in [-0.25, -0.2) is 8.42 Å². The van der Waals surface area contributed by atoms with Crippen molar-refractivity contribution in [2.24, 2.45) is 0 Å². The molecule has 0 unspecified atom stereocenters. The van der Waals surface area contributed by atoms with E-state index in [1.54, 1.807) is 7.11 Å². The molecule has 33 heavy (non-hydrogen) atoms. The summed E-state index contributed by atoms with van der Waals surface area (Å²) in [6, 6.07) is 16.1. The molecule has 4 rings (SSSR count). The fraction of sp³-hybridized carbons (Fsp3) is 0.375. The van der Waals surface area contributed by atoms with Crippen molar-refractivity contribution in [3.63, 3.8) is 0 Å². The maximum atomic E-state index is 12.7. The van der Waals surface area contributed by atoms with Gasteiger partial charge < -0.3 is 15.0 Å². The Kier molecular flexibility index (Phi) is 7.02. The van der Waals surface area contributed by atoms with Crippen molar-refractivity contribution in [1.29, 1.82) is 0 Å². The number of rotatable bonds is 8. The zero-order chi connectivity index (χ0) is 23.4. The molecule has 2 aromatic carbocycles. The Morgan fingerprint density at radius 1 is 1.09 bits per heavy atom. The van der Waals surface area contributed by atoms with Gasteiger partial charge in [0.05, 0.1) is 19.9 Å². The zero-order valence-electron chi connectivity index (χ0n) is 19.0. The number of nitrogens with zero attached hydrogens (tertiary/aromatic N) is 2. The molecule has 3 aromatic rings. The van der Waals surface area contributed by atoms with Crippen LogP contribution in [0.1, 0.15) is 17.0 Å². The number of methoxy groups -OCH3 is 1. The molecule has 9 heteroatoms. The van der Waals surface area contributed by atoms with E-state index in [-0.39, 0.29) is 18.4 Å². The minimum absolute atomic E-state index is 0.0295. The summed E-state index contributed by atoms with van der Waals surface area (Å²) < 4.78 is 30.1. The molecule has 8 nitrogen and oxygen atoms in total. The summed E-state index contributed by atoms with van der Waals surface area (Å²) in [5.41, 5.74) is 3.27. The Labute approximate surface area is 194 Å². The first-order chi connectivity index (χ1) is 15.8. The highest BCUT2D eigenvalue weighted by atomic mass is 32.2. The number of hydrogen-bond acceptors (Lipinski definition) is 5. The lowest BCUT2D eigenvalue weighted by molar-refractivity contribution is -0.122. The maximum absolute atomic E-state index is 12.7. The monoisotopic (exact) mass is 470 g/mol. The van der Waals surface area contributed by atoms with Crippen LogP contribution in [0.15, 0.2) is 54.7 Å². The van der Waals surface area contributed by atoms with Gasteiger partial charge in [-0.15, -0.1) is 0 Å². The van der Waals surface area contributed by atoms with Crippen LogP contribution in [-0.4, -0.2) is 81.1 Å². The van der Waals surface area contributed by atoms with E-state index in [4.69, 9.17) is 4.74 Å². The van der Waals surface area contributed by atoms with Gasteiger partial charge in [-0.1, -0.05) is 30.3 Å². The lowest BCUT2D eigenvalue weighted by Gasteiger charge is -2.32. The first-order valence-corrected chi connectivity index (χ1v) is 12.8. The third-order valence-corrected chi connectivity index (χ3v) is 7.49. The molecule has 1 aliphatic rings. The zero-order valence-corrected chi connectivity index (χ0v) is 19.8. The fourth-order valence-electron chi connectivity index (χ4n) is 4.32. The number of nitrogens with one attached hydrogen (secondary N) is 2. The minimum atomic E-state index is -3.18.